The molecule has 0 spiro atoms. The second-order valence-electron chi connectivity index (χ2n) is 3.53. The maximum Gasteiger partial charge on any atom is 0.243 e. The number of hydrogen-bond acceptors (Lipinski definition) is 6. The van der Waals surface area contributed by atoms with E-state index in [1.165, 1.54) is 0 Å². The Morgan fingerprint density at radius 1 is 1.56 bits per heavy atom. The first kappa shape index (κ1) is 13.5. The molecule has 1 heterocycles. The van der Waals surface area contributed by atoms with Gasteiger partial charge in [-0.15, -0.1) is 0 Å². The largest absolute Gasteiger partial charge is 0.385 e. The van der Waals surface area contributed by atoms with Gasteiger partial charge in [-0.3, -0.25) is 0 Å². The number of nitrogens with zero attached hydrogens (tertiary/aromatic N) is 2. The maximum atomic E-state index is 5.91. The van der Waals surface area contributed by atoms with Crippen LogP contribution in [0.5, 0.6) is 0 Å². The van der Waals surface area contributed by atoms with Crippen molar-refractivity contribution in [2.75, 3.05) is 25.7 Å². The van der Waals surface area contributed by atoms with Gasteiger partial charge in [0.1, 0.15) is 0 Å². The van der Waals surface area contributed by atoms with Gasteiger partial charge in [0.2, 0.25) is 5.89 Å². The molecule has 0 fully saturated rings. The summed E-state index contributed by atoms with van der Waals surface area (Å²) in [4.78, 5) is 4.27. The minimum atomic E-state index is -0.142. The molecular weight excluding hydrogens is 226 g/mol. The summed E-state index contributed by atoms with van der Waals surface area (Å²) in [5.74, 6) is 2.26. The molecule has 0 bridgehead atoms. The van der Waals surface area contributed by atoms with E-state index < -0.39 is 0 Å². The summed E-state index contributed by atoms with van der Waals surface area (Å²) in [6.45, 7) is 0.711. The third-order valence-electron chi connectivity index (χ3n) is 2.18. The normalized spacial score (nSPS) is 12.9. The standard InChI is InChI=1S/C10H19N3O2S/c1-14-6-3-4-9-12-10(15-13-9)8(11)5-7-16-2/h8H,3-7,11H2,1-2H3/t8-/m1/s1. The first-order valence-corrected chi connectivity index (χ1v) is 6.73. The Balaban J connectivity index is 2.37. The molecule has 1 aromatic rings. The predicted octanol–water partition coefficient (Wildman–Crippen LogP) is 1.40. The molecule has 2 N–H and O–H groups in total. The van der Waals surface area contributed by atoms with E-state index in [0.717, 1.165) is 25.0 Å². The molecule has 92 valence electrons. The number of methoxy groups -OCH3 is 1. The van der Waals surface area contributed by atoms with Gasteiger partial charge in [-0.05, 0) is 24.9 Å². The fourth-order valence-electron chi connectivity index (χ4n) is 1.26. The van der Waals surface area contributed by atoms with Crippen molar-refractivity contribution in [3.63, 3.8) is 0 Å². The van der Waals surface area contributed by atoms with E-state index in [2.05, 4.69) is 16.4 Å². The average Bonchev–Trinajstić information content (AvgIpc) is 2.75. The Morgan fingerprint density at radius 3 is 3.06 bits per heavy atom. The molecule has 1 atom stereocenters. The Morgan fingerprint density at radius 2 is 2.38 bits per heavy atom. The van der Waals surface area contributed by atoms with E-state index in [-0.39, 0.29) is 6.04 Å². The van der Waals surface area contributed by atoms with Gasteiger partial charge in [-0.25, -0.2) is 0 Å². The van der Waals surface area contributed by atoms with Crippen LogP contribution in [0.4, 0.5) is 0 Å². The third kappa shape index (κ3) is 4.51. The number of nitrogens with two attached hydrogens (primary N) is 1. The van der Waals surface area contributed by atoms with Gasteiger partial charge < -0.3 is 15.0 Å². The third-order valence-corrected chi connectivity index (χ3v) is 2.83. The minimum absolute atomic E-state index is 0.142. The van der Waals surface area contributed by atoms with Crippen molar-refractivity contribution in [3.8, 4) is 0 Å². The van der Waals surface area contributed by atoms with E-state index in [0.29, 0.717) is 18.3 Å². The molecule has 0 radical (unpaired) electrons. The van der Waals surface area contributed by atoms with Gasteiger partial charge in [0, 0.05) is 20.1 Å². The molecule has 6 heteroatoms. The number of ether oxygens (including phenoxy) is 1. The number of aryl methyl sites for hydroxylation is 1. The van der Waals surface area contributed by atoms with E-state index in [4.69, 9.17) is 15.0 Å². The molecule has 0 amide bonds. The quantitative estimate of drug-likeness (QED) is 0.698. The van der Waals surface area contributed by atoms with E-state index in [1.54, 1.807) is 18.9 Å². The Hall–Kier alpha value is -0.590. The van der Waals surface area contributed by atoms with E-state index in [9.17, 15) is 0 Å². The SMILES string of the molecule is COCCCc1noc([C@H](N)CCSC)n1. The Kier molecular flexibility index (Phi) is 6.44. The molecule has 0 aliphatic rings. The fourth-order valence-corrected chi connectivity index (χ4v) is 1.75. The molecule has 16 heavy (non-hydrogen) atoms. The summed E-state index contributed by atoms with van der Waals surface area (Å²) in [7, 11) is 1.68. The van der Waals surface area contributed by atoms with Crippen LogP contribution in [-0.2, 0) is 11.2 Å². The zero-order valence-electron chi connectivity index (χ0n) is 9.81. The van der Waals surface area contributed by atoms with Crippen molar-refractivity contribution >= 4 is 11.8 Å². The lowest BCUT2D eigenvalue weighted by Crippen LogP contribution is -2.11. The summed E-state index contributed by atoms with van der Waals surface area (Å²) in [5, 5.41) is 3.89. The summed E-state index contributed by atoms with van der Waals surface area (Å²) >= 11 is 1.76. The minimum Gasteiger partial charge on any atom is -0.385 e. The number of thioether (sulfide) groups is 1. The first-order valence-electron chi connectivity index (χ1n) is 5.34. The second kappa shape index (κ2) is 7.65. The van der Waals surface area contributed by atoms with Crippen LogP contribution in [0, 0.1) is 0 Å². The number of aromatic nitrogens is 2. The molecule has 0 aliphatic carbocycles. The van der Waals surface area contributed by atoms with Crippen molar-refractivity contribution in [2.24, 2.45) is 5.73 Å². The van der Waals surface area contributed by atoms with Crippen LogP contribution in [0.2, 0.25) is 0 Å². The monoisotopic (exact) mass is 245 g/mol. The van der Waals surface area contributed by atoms with Crippen LogP contribution in [0.15, 0.2) is 4.52 Å². The summed E-state index contributed by atoms with van der Waals surface area (Å²) in [6, 6.07) is -0.142. The van der Waals surface area contributed by atoms with Crippen molar-refractivity contribution < 1.29 is 9.26 Å². The fraction of sp³-hybridized carbons (Fsp3) is 0.800. The van der Waals surface area contributed by atoms with Crippen LogP contribution in [0.3, 0.4) is 0 Å². The average molecular weight is 245 g/mol. The summed E-state index contributed by atoms with van der Waals surface area (Å²) in [6.07, 6.45) is 4.58. The molecule has 0 unspecified atom stereocenters. The van der Waals surface area contributed by atoms with Gasteiger partial charge in [0.15, 0.2) is 5.82 Å². The lowest BCUT2D eigenvalue weighted by molar-refractivity contribution is 0.194. The molecule has 0 saturated carbocycles. The van der Waals surface area contributed by atoms with Crippen LogP contribution in [0.1, 0.15) is 30.6 Å². The van der Waals surface area contributed by atoms with Crippen molar-refractivity contribution in [1.29, 1.82) is 0 Å². The molecular formula is C10H19N3O2S. The molecule has 5 nitrogen and oxygen atoms in total. The highest BCUT2D eigenvalue weighted by Gasteiger charge is 2.13. The molecule has 1 rings (SSSR count). The van der Waals surface area contributed by atoms with Crippen LogP contribution >= 0.6 is 11.8 Å². The lowest BCUT2D eigenvalue weighted by Gasteiger charge is -2.03. The molecule has 0 aromatic carbocycles. The van der Waals surface area contributed by atoms with Gasteiger partial charge in [0.25, 0.3) is 0 Å². The highest BCUT2D eigenvalue weighted by Crippen LogP contribution is 2.14. The van der Waals surface area contributed by atoms with Crippen LogP contribution in [-0.4, -0.2) is 35.9 Å². The number of rotatable bonds is 8. The van der Waals surface area contributed by atoms with Gasteiger partial charge in [-0.2, -0.15) is 16.7 Å². The smallest absolute Gasteiger partial charge is 0.243 e. The van der Waals surface area contributed by atoms with Crippen LogP contribution < -0.4 is 5.73 Å². The summed E-state index contributed by atoms with van der Waals surface area (Å²) in [5.41, 5.74) is 5.91. The van der Waals surface area contributed by atoms with E-state index >= 15 is 0 Å². The highest BCUT2D eigenvalue weighted by atomic mass is 32.2. The second-order valence-corrected chi connectivity index (χ2v) is 4.52. The lowest BCUT2D eigenvalue weighted by atomic mass is 10.2. The van der Waals surface area contributed by atoms with Gasteiger partial charge in [-0.1, -0.05) is 5.16 Å². The maximum absolute atomic E-state index is 5.91. The Bertz CT molecular complexity index is 293. The van der Waals surface area contributed by atoms with Crippen molar-refractivity contribution in [1.82, 2.24) is 10.1 Å². The Labute approximate surface area is 100 Å². The van der Waals surface area contributed by atoms with Gasteiger partial charge >= 0.3 is 0 Å². The molecule has 0 saturated heterocycles. The highest BCUT2D eigenvalue weighted by molar-refractivity contribution is 7.98. The molecule has 1 aromatic heterocycles. The zero-order chi connectivity index (χ0) is 11.8. The van der Waals surface area contributed by atoms with E-state index in [1.807, 2.05) is 0 Å². The number of hydrogen-bond donors (Lipinski definition) is 1. The molecule has 0 aliphatic heterocycles. The predicted molar refractivity (Wildman–Crippen MR) is 64.4 cm³/mol. The van der Waals surface area contributed by atoms with Gasteiger partial charge in [0.05, 0.1) is 6.04 Å². The van der Waals surface area contributed by atoms with Crippen molar-refractivity contribution in [2.45, 2.75) is 25.3 Å². The summed E-state index contributed by atoms with van der Waals surface area (Å²) < 4.78 is 10.1. The zero-order valence-corrected chi connectivity index (χ0v) is 10.6. The van der Waals surface area contributed by atoms with Crippen LogP contribution in [0.25, 0.3) is 0 Å². The topological polar surface area (TPSA) is 74.2 Å². The van der Waals surface area contributed by atoms with Crippen molar-refractivity contribution in [3.05, 3.63) is 11.7 Å². The first-order chi connectivity index (χ1) is 7.77.